The molecule has 10 aromatic rings. The third-order valence-electron chi connectivity index (χ3n) is 9.98. The van der Waals surface area contributed by atoms with Gasteiger partial charge in [-0.25, -0.2) is 4.98 Å². The van der Waals surface area contributed by atoms with Crippen molar-refractivity contribution in [1.29, 1.82) is 0 Å². The summed E-state index contributed by atoms with van der Waals surface area (Å²) in [6.45, 7) is 2.17. The van der Waals surface area contributed by atoms with E-state index < -0.39 is 0 Å². The minimum Gasteiger partial charge on any atom is -0.309 e. The number of hydrogen-bond donors (Lipinski definition) is 0. The van der Waals surface area contributed by atoms with Crippen LogP contribution in [0.15, 0.2) is 164 Å². The Bertz CT molecular complexity index is 2630. The standard InChI is InChI=1S/C45H32N4/c1-2-45-46-39-17-7-12-22-44(39)49(45)32-25-23-30(24-26-32)31-27-33(47-40-18-8-3-13-35(40)36-14-4-9-19-41(36)47)29-34(28-31)48-42-20-10-5-15-37(42)38-16-6-11-21-43(38)48/h3-29H,2H2,1H3. The van der Waals surface area contributed by atoms with Gasteiger partial charge in [-0.05, 0) is 77.9 Å². The lowest BCUT2D eigenvalue weighted by Gasteiger charge is -2.16. The number of hydrogen-bond acceptors (Lipinski definition) is 1. The van der Waals surface area contributed by atoms with Gasteiger partial charge in [0.25, 0.3) is 0 Å². The van der Waals surface area contributed by atoms with Crippen molar-refractivity contribution >= 4 is 54.6 Å². The highest BCUT2D eigenvalue weighted by atomic mass is 15.1. The first-order valence-electron chi connectivity index (χ1n) is 17.0. The van der Waals surface area contributed by atoms with Crippen molar-refractivity contribution in [3.63, 3.8) is 0 Å². The number of rotatable bonds is 5. The quantitative estimate of drug-likeness (QED) is 0.186. The van der Waals surface area contributed by atoms with Gasteiger partial charge in [-0.3, -0.25) is 4.57 Å². The average Bonchev–Trinajstić information content (AvgIpc) is 3.82. The topological polar surface area (TPSA) is 27.7 Å². The minimum atomic E-state index is 0.861. The summed E-state index contributed by atoms with van der Waals surface area (Å²) in [6, 6.07) is 59.3. The first kappa shape index (κ1) is 27.7. The fourth-order valence-electron chi connectivity index (χ4n) is 7.83. The molecule has 0 aliphatic carbocycles. The summed E-state index contributed by atoms with van der Waals surface area (Å²) in [6.07, 6.45) is 0.861. The second-order valence-electron chi connectivity index (χ2n) is 12.7. The Labute approximate surface area is 283 Å². The van der Waals surface area contributed by atoms with Gasteiger partial charge in [0.2, 0.25) is 0 Å². The number of imidazole rings is 1. The van der Waals surface area contributed by atoms with Crippen LogP contribution in [0.5, 0.6) is 0 Å². The van der Waals surface area contributed by atoms with Crippen LogP contribution in [0.4, 0.5) is 0 Å². The van der Waals surface area contributed by atoms with Crippen LogP contribution < -0.4 is 0 Å². The number of para-hydroxylation sites is 6. The Hall–Kier alpha value is -6.39. The van der Waals surface area contributed by atoms with E-state index in [0.29, 0.717) is 0 Å². The van der Waals surface area contributed by atoms with Crippen LogP contribution in [0.3, 0.4) is 0 Å². The summed E-state index contributed by atoms with van der Waals surface area (Å²) in [4.78, 5) is 4.93. The molecule has 0 aliphatic rings. The molecule has 4 nitrogen and oxygen atoms in total. The lowest BCUT2D eigenvalue weighted by Crippen LogP contribution is -2.01. The molecule has 0 N–H and O–H groups in total. The zero-order valence-electron chi connectivity index (χ0n) is 27.1. The van der Waals surface area contributed by atoms with Crippen molar-refractivity contribution in [2.75, 3.05) is 0 Å². The molecule has 0 saturated carbocycles. The highest BCUT2D eigenvalue weighted by molar-refractivity contribution is 6.10. The molecule has 0 fully saturated rings. The van der Waals surface area contributed by atoms with E-state index in [-0.39, 0.29) is 0 Å². The fraction of sp³-hybridized carbons (Fsp3) is 0.0444. The van der Waals surface area contributed by atoms with E-state index in [2.05, 4.69) is 184 Å². The Morgan fingerprint density at radius 3 is 1.29 bits per heavy atom. The van der Waals surface area contributed by atoms with Crippen LogP contribution in [0, 0.1) is 0 Å². The fourth-order valence-corrected chi connectivity index (χ4v) is 7.83. The molecule has 0 saturated heterocycles. The van der Waals surface area contributed by atoms with Gasteiger partial charge in [-0.1, -0.05) is 104 Å². The highest BCUT2D eigenvalue weighted by Crippen LogP contribution is 2.38. The van der Waals surface area contributed by atoms with Crippen LogP contribution in [-0.4, -0.2) is 18.7 Å². The van der Waals surface area contributed by atoms with Crippen molar-refractivity contribution in [2.24, 2.45) is 0 Å². The number of benzene rings is 7. The Morgan fingerprint density at radius 2 is 0.816 bits per heavy atom. The van der Waals surface area contributed by atoms with Gasteiger partial charge in [0.05, 0.1) is 33.1 Å². The maximum Gasteiger partial charge on any atom is 0.114 e. The third-order valence-corrected chi connectivity index (χ3v) is 9.98. The van der Waals surface area contributed by atoms with Gasteiger partial charge in [0.1, 0.15) is 5.82 Å². The van der Waals surface area contributed by atoms with E-state index in [1.54, 1.807) is 0 Å². The summed E-state index contributed by atoms with van der Waals surface area (Å²) in [5.41, 5.74) is 12.7. The van der Waals surface area contributed by atoms with E-state index in [9.17, 15) is 0 Å². The molecule has 0 aliphatic heterocycles. The molecule has 49 heavy (non-hydrogen) atoms. The lowest BCUT2D eigenvalue weighted by atomic mass is 10.0. The van der Waals surface area contributed by atoms with Crippen LogP contribution >= 0.6 is 0 Å². The molecule has 3 aromatic heterocycles. The monoisotopic (exact) mass is 628 g/mol. The van der Waals surface area contributed by atoms with E-state index in [1.165, 1.54) is 43.6 Å². The van der Waals surface area contributed by atoms with E-state index >= 15 is 0 Å². The number of nitrogens with zero attached hydrogens (tertiary/aromatic N) is 4. The van der Waals surface area contributed by atoms with Gasteiger partial charge >= 0.3 is 0 Å². The van der Waals surface area contributed by atoms with Crippen molar-refractivity contribution in [3.05, 3.63) is 170 Å². The highest BCUT2D eigenvalue weighted by Gasteiger charge is 2.17. The number of aryl methyl sites for hydroxylation is 1. The summed E-state index contributed by atoms with van der Waals surface area (Å²) in [7, 11) is 0. The van der Waals surface area contributed by atoms with Crippen molar-refractivity contribution in [1.82, 2.24) is 18.7 Å². The SMILES string of the molecule is CCc1nc2ccccc2n1-c1ccc(-c2cc(-n3c4ccccc4c4ccccc43)cc(-n3c4ccccc4c4ccccc43)c2)cc1. The smallest absolute Gasteiger partial charge is 0.114 e. The Morgan fingerprint density at radius 1 is 0.388 bits per heavy atom. The maximum absolute atomic E-state index is 4.93. The lowest BCUT2D eigenvalue weighted by molar-refractivity contribution is 0.908. The molecule has 3 heterocycles. The molecular weight excluding hydrogens is 597 g/mol. The van der Waals surface area contributed by atoms with Crippen LogP contribution in [0.1, 0.15) is 12.7 Å². The molecule has 7 aromatic carbocycles. The molecule has 10 rings (SSSR count). The predicted octanol–water partition coefficient (Wildman–Crippen LogP) is 11.4. The maximum atomic E-state index is 4.93. The van der Waals surface area contributed by atoms with Crippen molar-refractivity contribution in [2.45, 2.75) is 13.3 Å². The molecule has 0 atom stereocenters. The molecule has 0 unspecified atom stereocenters. The largest absolute Gasteiger partial charge is 0.309 e. The second kappa shape index (κ2) is 10.8. The van der Waals surface area contributed by atoms with Gasteiger partial charge in [-0.2, -0.15) is 0 Å². The second-order valence-corrected chi connectivity index (χ2v) is 12.7. The van der Waals surface area contributed by atoms with E-state index in [1.807, 2.05) is 0 Å². The van der Waals surface area contributed by atoms with Crippen molar-refractivity contribution in [3.8, 4) is 28.2 Å². The van der Waals surface area contributed by atoms with Crippen LogP contribution in [0.25, 0.3) is 82.8 Å². The summed E-state index contributed by atoms with van der Waals surface area (Å²) >= 11 is 0. The normalized spacial score (nSPS) is 11.9. The van der Waals surface area contributed by atoms with E-state index in [0.717, 1.165) is 51.5 Å². The average molecular weight is 629 g/mol. The van der Waals surface area contributed by atoms with Gasteiger partial charge < -0.3 is 9.13 Å². The van der Waals surface area contributed by atoms with Gasteiger partial charge in [0.15, 0.2) is 0 Å². The first-order chi connectivity index (χ1) is 24.3. The zero-order valence-corrected chi connectivity index (χ0v) is 27.1. The zero-order chi connectivity index (χ0) is 32.5. The molecule has 232 valence electrons. The van der Waals surface area contributed by atoms with Crippen molar-refractivity contribution < 1.29 is 0 Å². The molecule has 0 radical (unpaired) electrons. The third kappa shape index (κ3) is 4.20. The minimum absolute atomic E-state index is 0.861. The summed E-state index contributed by atoms with van der Waals surface area (Å²) < 4.78 is 7.13. The molecule has 0 spiro atoms. The molecular formula is C45H32N4. The molecule has 4 heteroatoms. The summed E-state index contributed by atoms with van der Waals surface area (Å²) in [5.74, 6) is 1.07. The molecule has 0 amide bonds. The number of aromatic nitrogens is 4. The predicted molar refractivity (Wildman–Crippen MR) is 205 cm³/mol. The van der Waals surface area contributed by atoms with Gasteiger partial charge in [0, 0.05) is 45.0 Å². The van der Waals surface area contributed by atoms with Gasteiger partial charge in [-0.15, -0.1) is 0 Å². The summed E-state index contributed by atoms with van der Waals surface area (Å²) in [5, 5.41) is 5.02. The van der Waals surface area contributed by atoms with E-state index in [4.69, 9.17) is 4.98 Å². The van der Waals surface area contributed by atoms with Crippen LogP contribution in [-0.2, 0) is 6.42 Å². The Kier molecular flexibility index (Phi) is 6.12. The van der Waals surface area contributed by atoms with Crippen LogP contribution in [0.2, 0.25) is 0 Å². The number of fused-ring (bicyclic) bond motifs is 7. The molecule has 0 bridgehead atoms. The first-order valence-corrected chi connectivity index (χ1v) is 17.0. The Balaban J connectivity index is 1.23.